The predicted molar refractivity (Wildman–Crippen MR) is 132 cm³/mol. The summed E-state index contributed by atoms with van der Waals surface area (Å²) in [5, 5.41) is 3.57. The number of nitrogens with zero attached hydrogens (tertiary/aromatic N) is 1. The summed E-state index contributed by atoms with van der Waals surface area (Å²) in [5.74, 6) is -0.269. The Morgan fingerprint density at radius 2 is 1.55 bits per heavy atom. The van der Waals surface area contributed by atoms with Gasteiger partial charge in [0.05, 0.1) is 17.1 Å². The van der Waals surface area contributed by atoms with Crippen molar-refractivity contribution in [3.8, 4) is 0 Å². The van der Waals surface area contributed by atoms with Crippen molar-refractivity contribution in [2.75, 3.05) is 11.9 Å². The van der Waals surface area contributed by atoms with E-state index in [2.05, 4.69) is 9.71 Å². The number of sulfonamides is 1. The van der Waals surface area contributed by atoms with Gasteiger partial charge in [-0.3, -0.25) is 0 Å². The Labute approximate surface area is 199 Å². The molecule has 8 heteroatoms. The van der Waals surface area contributed by atoms with E-state index in [9.17, 15) is 13.2 Å². The van der Waals surface area contributed by atoms with Gasteiger partial charge in [-0.2, -0.15) is 8.42 Å². The summed E-state index contributed by atoms with van der Waals surface area (Å²) in [7, 11) is -3.97. The second-order valence-electron chi connectivity index (χ2n) is 7.43. The number of amidine groups is 1. The Bertz CT molecular complexity index is 1220. The first kappa shape index (κ1) is 24.5. The van der Waals surface area contributed by atoms with Crippen molar-refractivity contribution in [3.63, 3.8) is 0 Å². The van der Waals surface area contributed by atoms with E-state index in [0.717, 1.165) is 18.4 Å². The number of hydrogen-bond donors (Lipinski definition) is 1. The van der Waals surface area contributed by atoms with Crippen molar-refractivity contribution in [1.29, 1.82) is 0 Å². The second kappa shape index (κ2) is 11.1. The number of hydrogen-bond acceptors (Lipinski definition) is 4. The van der Waals surface area contributed by atoms with Crippen molar-refractivity contribution in [2.45, 2.75) is 31.6 Å². The van der Waals surface area contributed by atoms with Crippen LogP contribution < -0.4 is 5.32 Å². The lowest BCUT2D eigenvalue weighted by Gasteiger charge is -2.12. The van der Waals surface area contributed by atoms with Gasteiger partial charge >= 0.3 is 5.97 Å². The summed E-state index contributed by atoms with van der Waals surface area (Å²) in [6.45, 7) is 4.27. The van der Waals surface area contributed by atoms with Gasteiger partial charge in [-0.15, -0.1) is 4.40 Å². The molecule has 0 aromatic heterocycles. The molecule has 0 amide bonds. The molecule has 0 radical (unpaired) electrons. The number of benzene rings is 3. The van der Waals surface area contributed by atoms with Gasteiger partial charge in [0.15, 0.2) is 5.84 Å². The maximum absolute atomic E-state index is 12.9. The van der Waals surface area contributed by atoms with Crippen LogP contribution in [0.25, 0.3) is 0 Å². The third-order valence-electron chi connectivity index (χ3n) is 4.76. The van der Waals surface area contributed by atoms with Crippen molar-refractivity contribution in [1.82, 2.24) is 0 Å². The monoisotopic (exact) mass is 484 g/mol. The smallest absolute Gasteiger partial charge is 0.338 e. The Morgan fingerprint density at radius 3 is 2.15 bits per heavy atom. The summed E-state index contributed by atoms with van der Waals surface area (Å²) < 4.78 is 35.1. The summed E-state index contributed by atoms with van der Waals surface area (Å²) in [6, 6.07) is 19.7. The average molecular weight is 485 g/mol. The fraction of sp³-hybridized carbons (Fsp3) is 0.200. The number of aryl methyl sites for hydroxylation is 1. The topological polar surface area (TPSA) is 84.8 Å². The van der Waals surface area contributed by atoms with Crippen LogP contribution in [0.2, 0.25) is 5.02 Å². The van der Waals surface area contributed by atoms with Gasteiger partial charge in [0.1, 0.15) is 0 Å². The Balaban J connectivity index is 1.89. The predicted octanol–water partition coefficient (Wildman–Crippen LogP) is 5.85. The van der Waals surface area contributed by atoms with E-state index in [4.69, 9.17) is 16.3 Å². The molecule has 0 saturated heterocycles. The van der Waals surface area contributed by atoms with Crippen LogP contribution in [0.3, 0.4) is 0 Å². The molecule has 0 atom stereocenters. The fourth-order valence-electron chi connectivity index (χ4n) is 2.86. The van der Waals surface area contributed by atoms with Gasteiger partial charge in [-0.1, -0.05) is 42.6 Å². The highest BCUT2D eigenvalue weighted by atomic mass is 35.5. The molecule has 3 aromatic carbocycles. The van der Waals surface area contributed by atoms with Crippen LogP contribution in [0.15, 0.2) is 82.1 Å². The molecule has 3 aromatic rings. The van der Waals surface area contributed by atoms with Gasteiger partial charge in [0, 0.05) is 16.3 Å². The molecule has 0 aliphatic heterocycles. The van der Waals surface area contributed by atoms with Crippen molar-refractivity contribution in [3.05, 3.63) is 94.5 Å². The van der Waals surface area contributed by atoms with Crippen LogP contribution in [0.1, 0.15) is 41.3 Å². The van der Waals surface area contributed by atoms with E-state index in [0.29, 0.717) is 28.4 Å². The Kier molecular flexibility index (Phi) is 8.25. The number of rotatable bonds is 8. The van der Waals surface area contributed by atoms with Crippen molar-refractivity contribution < 1.29 is 17.9 Å². The Hall–Kier alpha value is -3.16. The lowest BCUT2D eigenvalue weighted by Crippen LogP contribution is -2.16. The molecule has 3 rings (SSSR count). The number of carbonyl (C=O) groups is 1. The Morgan fingerprint density at radius 1 is 0.939 bits per heavy atom. The van der Waals surface area contributed by atoms with Crippen molar-refractivity contribution in [2.24, 2.45) is 4.40 Å². The van der Waals surface area contributed by atoms with Crippen LogP contribution in [0.5, 0.6) is 0 Å². The third kappa shape index (κ3) is 6.91. The molecule has 172 valence electrons. The SMILES string of the molecule is CCCCOC(=O)c1ccc(N/C(=N/S(=O)(=O)c2ccc(C)cc2)c2ccc(Cl)cc2)cc1. The molecule has 0 heterocycles. The first-order valence-electron chi connectivity index (χ1n) is 10.5. The van der Waals surface area contributed by atoms with Gasteiger partial charge in [-0.25, -0.2) is 4.79 Å². The second-order valence-corrected chi connectivity index (χ2v) is 9.47. The van der Waals surface area contributed by atoms with E-state index < -0.39 is 16.0 Å². The van der Waals surface area contributed by atoms with Crippen LogP contribution in [0, 0.1) is 6.92 Å². The standard InChI is InChI=1S/C25H25ClN2O4S/c1-3-4-17-32-25(29)20-9-13-22(14-10-20)27-24(19-7-11-21(26)12-8-19)28-33(30,31)23-15-5-18(2)6-16-23/h5-16H,3-4,17H2,1-2H3,(H,27,28). The van der Waals surface area contributed by atoms with E-state index in [1.54, 1.807) is 60.7 Å². The highest BCUT2D eigenvalue weighted by molar-refractivity contribution is 7.90. The van der Waals surface area contributed by atoms with E-state index in [1.165, 1.54) is 12.1 Å². The molecule has 1 N–H and O–H groups in total. The molecule has 0 aliphatic rings. The van der Waals surface area contributed by atoms with Crippen LogP contribution in [0.4, 0.5) is 5.69 Å². The molecule has 33 heavy (non-hydrogen) atoms. The minimum absolute atomic E-state index is 0.0894. The van der Waals surface area contributed by atoms with Crippen molar-refractivity contribution >= 4 is 39.1 Å². The number of ether oxygens (including phenoxy) is 1. The maximum Gasteiger partial charge on any atom is 0.338 e. The summed E-state index contributed by atoms with van der Waals surface area (Å²) in [4.78, 5) is 12.2. The number of carbonyl (C=O) groups excluding carboxylic acids is 1. The zero-order valence-electron chi connectivity index (χ0n) is 18.4. The van der Waals surface area contributed by atoms with E-state index >= 15 is 0 Å². The molecule has 6 nitrogen and oxygen atoms in total. The molecule has 0 fully saturated rings. The summed E-state index contributed by atoms with van der Waals surface area (Å²) >= 11 is 5.99. The molecule has 0 spiro atoms. The van der Waals surface area contributed by atoms with Gasteiger partial charge in [0.2, 0.25) is 0 Å². The van der Waals surface area contributed by atoms with Gasteiger partial charge in [-0.05, 0) is 74.0 Å². The lowest BCUT2D eigenvalue weighted by molar-refractivity contribution is 0.0500. The number of anilines is 1. The molecule has 0 unspecified atom stereocenters. The molecular weight excluding hydrogens is 460 g/mol. The van der Waals surface area contributed by atoms with E-state index in [-0.39, 0.29) is 10.7 Å². The highest BCUT2D eigenvalue weighted by Gasteiger charge is 2.16. The van der Waals surface area contributed by atoms with Gasteiger partial charge in [0.25, 0.3) is 10.0 Å². The number of unbranched alkanes of at least 4 members (excludes halogenated alkanes) is 1. The first-order chi connectivity index (χ1) is 15.8. The fourth-order valence-corrected chi connectivity index (χ4v) is 3.96. The number of esters is 1. The van der Waals surface area contributed by atoms with Crippen LogP contribution in [-0.2, 0) is 14.8 Å². The number of nitrogens with one attached hydrogen (secondary N) is 1. The summed E-state index contributed by atoms with van der Waals surface area (Å²) in [5.41, 5.74) is 2.46. The van der Waals surface area contributed by atoms with Gasteiger partial charge < -0.3 is 10.1 Å². The lowest BCUT2D eigenvalue weighted by atomic mass is 10.1. The minimum atomic E-state index is -3.97. The first-order valence-corrected chi connectivity index (χ1v) is 12.3. The van der Waals surface area contributed by atoms with E-state index in [1.807, 2.05) is 13.8 Å². The molecular formula is C25H25ClN2O4S. The molecule has 0 saturated carbocycles. The number of halogens is 1. The quantitative estimate of drug-likeness (QED) is 0.187. The average Bonchev–Trinajstić information content (AvgIpc) is 2.80. The normalized spacial score (nSPS) is 11.8. The maximum atomic E-state index is 12.9. The molecule has 0 aliphatic carbocycles. The highest BCUT2D eigenvalue weighted by Crippen LogP contribution is 2.19. The molecule has 0 bridgehead atoms. The zero-order chi connectivity index (χ0) is 23.8. The third-order valence-corrected chi connectivity index (χ3v) is 6.31. The minimum Gasteiger partial charge on any atom is -0.462 e. The van der Waals surface area contributed by atoms with Crippen LogP contribution in [-0.4, -0.2) is 26.8 Å². The van der Waals surface area contributed by atoms with Crippen LogP contribution >= 0.6 is 11.6 Å². The largest absolute Gasteiger partial charge is 0.462 e. The summed E-state index contributed by atoms with van der Waals surface area (Å²) in [6.07, 6.45) is 1.75. The zero-order valence-corrected chi connectivity index (χ0v) is 20.0.